The number of aryl methyl sites for hydroxylation is 1. The molecule has 0 atom stereocenters. The van der Waals surface area contributed by atoms with Gasteiger partial charge in [0, 0.05) is 17.2 Å². The summed E-state index contributed by atoms with van der Waals surface area (Å²) < 4.78 is 2.03. The summed E-state index contributed by atoms with van der Waals surface area (Å²) >= 11 is 0. The van der Waals surface area contributed by atoms with E-state index in [0.29, 0.717) is 12.1 Å². The van der Waals surface area contributed by atoms with Gasteiger partial charge < -0.3 is 5.32 Å². The average Bonchev–Trinajstić information content (AvgIpc) is 3.25. The van der Waals surface area contributed by atoms with Crippen molar-refractivity contribution in [3.8, 4) is 11.4 Å². The fourth-order valence-corrected chi connectivity index (χ4v) is 3.62. The first kappa shape index (κ1) is 18.0. The number of hydrogen-bond acceptors (Lipinski definition) is 3. The third-order valence-corrected chi connectivity index (χ3v) is 5.14. The molecule has 6 nitrogen and oxygen atoms in total. The lowest BCUT2D eigenvalue weighted by Gasteiger charge is -2.07. The van der Waals surface area contributed by atoms with Crippen molar-refractivity contribution in [3.05, 3.63) is 95.7 Å². The summed E-state index contributed by atoms with van der Waals surface area (Å²) in [6.45, 7) is 2.43. The van der Waals surface area contributed by atoms with Gasteiger partial charge in [0.1, 0.15) is 16.7 Å². The van der Waals surface area contributed by atoms with Crippen molar-refractivity contribution < 1.29 is 9.20 Å². The van der Waals surface area contributed by atoms with E-state index in [0.717, 1.165) is 39.3 Å². The molecule has 5 aromatic rings. The molecule has 6 heteroatoms. The molecule has 30 heavy (non-hydrogen) atoms. The molecule has 0 aliphatic rings. The van der Waals surface area contributed by atoms with Crippen LogP contribution in [0.2, 0.25) is 0 Å². The number of amides is 1. The Labute approximate surface area is 173 Å². The molecule has 1 amide bonds. The SMILES string of the molecule is Cc1nc2ccc(C(=O)NCc3ccccc3)cc2[n+]2c(-c3ccccc3)n[nH]c12. The summed E-state index contributed by atoms with van der Waals surface area (Å²) in [5.74, 6) is 0.655. The van der Waals surface area contributed by atoms with Gasteiger partial charge in [-0.25, -0.2) is 4.98 Å². The number of nitrogens with one attached hydrogen (secondary N) is 2. The van der Waals surface area contributed by atoms with Gasteiger partial charge in [-0.3, -0.25) is 4.79 Å². The number of aromatic amines is 1. The number of aromatic nitrogens is 4. The van der Waals surface area contributed by atoms with Gasteiger partial charge in [0.05, 0.1) is 5.56 Å². The van der Waals surface area contributed by atoms with E-state index in [1.165, 1.54) is 0 Å². The van der Waals surface area contributed by atoms with Gasteiger partial charge in [-0.15, -0.1) is 5.10 Å². The molecule has 2 heterocycles. The van der Waals surface area contributed by atoms with E-state index >= 15 is 0 Å². The Hall–Kier alpha value is -4.06. The van der Waals surface area contributed by atoms with Crippen LogP contribution in [0.15, 0.2) is 78.9 Å². The Bertz CT molecular complexity index is 1360. The first-order valence-electron chi connectivity index (χ1n) is 9.79. The fraction of sp³-hybridized carbons (Fsp3) is 0.0833. The van der Waals surface area contributed by atoms with Crippen LogP contribution in [0.1, 0.15) is 21.6 Å². The Morgan fingerprint density at radius 2 is 1.73 bits per heavy atom. The smallest absolute Gasteiger partial charge is 0.314 e. The lowest BCUT2D eigenvalue weighted by Crippen LogP contribution is -2.27. The van der Waals surface area contributed by atoms with Crippen molar-refractivity contribution in [3.63, 3.8) is 0 Å². The maximum Gasteiger partial charge on any atom is 0.314 e. The van der Waals surface area contributed by atoms with E-state index in [2.05, 4.69) is 20.5 Å². The normalized spacial score (nSPS) is 11.1. The predicted octanol–water partition coefficient (Wildman–Crippen LogP) is 3.60. The number of carbonyl (C=O) groups is 1. The van der Waals surface area contributed by atoms with E-state index < -0.39 is 0 Å². The molecule has 146 valence electrons. The molecule has 0 spiro atoms. The molecule has 0 aliphatic carbocycles. The number of benzene rings is 3. The van der Waals surface area contributed by atoms with Crippen molar-refractivity contribution in [2.45, 2.75) is 13.5 Å². The van der Waals surface area contributed by atoms with Crippen molar-refractivity contribution in [1.29, 1.82) is 0 Å². The van der Waals surface area contributed by atoms with Crippen LogP contribution < -0.4 is 9.72 Å². The van der Waals surface area contributed by atoms with Crippen molar-refractivity contribution >= 4 is 22.6 Å². The molecule has 0 aliphatic heterocycles. The van der Waals surface area contributed by atoms with E-state index in [4.69, 9.17) is 0 Å². The van der Waals surface area contributed by atoms with Gasteiger partial charge in [0.2, 0.25) is 0 Å². The quantitative estimate of drug-likeness (QED) is 0.458. The summed E-state index contributed by atoms with van der Waals surface area (Å²) in [4.78, 5) is 17.5. The molecule has 0 fully saturated rings. The second-order valence-corrected chi connectivity index (χ2v) is 7.17. The first-order chi connectivity index (χ1) is 14.7. The Kier molecular flexibility index (Phi) is 4.44. The number of rotatable bonds is 4. The topological polar surface area (TPSA) is 74.8 Å². The van der Waals surface area contributed by atoms with Crippen LogP contribution in [0.4, 0.5) is 0 Å². The summed E-state index contributed by atoms with van der Waals surface area (Å²) in [6.07, 6.45) is 0. The van der Waals surface area contributed by atoms with Crippen molar-refractivity contribution in [2.24, 2.45) is 0 Å². The highest BCUT2D eigenvalue weighted by molar-refractivity contribution is 5.97. The molecule has 2 N–H and O–H groups in total. The van der Waals surface area contributed by atoms with E-state index in [1.54, 1.807) is 0 Å². The monoisotopic (exact) mass is 394 g/mol. The summed E-state index contributed by atoms with van der Waals surface area (Å²) in [5.41, 5.74) is 5.92. The minimum Gasteiger partial charge on any atom is -0.348 e. The zero-order chi connectivity index (χ0) is 20.5. The highest BCUT2D eigenvalue weighted by atomic mass is 16.1. The minimum atomic E-state index is -0.125. The van der Waals surface area contributed by atoms with Crippen LogP contribution in [0.3, 0.4) is 0 Å². The molecular formula is C24H20N5O+. The second-order valence-electron chi connectivity index (χ2n) is 7.17. The van der Waals surface area contributed by atoms with Crippen LogP contribution in [0.25, 0.3) is 28.1 Å². The lowest BCUT2D eigenvalue weighted by atomic mass is 10.1. The number of carbonyl (C=O) groups excluding carboxylic acids is 1. The van der Waals surface area contributed by atoms with Gasteiger partial charge in [-0.2, -0.15) is 4.40 Å². The highest BCUT2D eigenvalue weighted by Crippen LogP contribution is 2.19. The van der Waals surface area contributed by atoms with Crippen LogP contribution in [-0.2, 0) is 6.54 Å². The average molecular weight is 394 g/mol. The lowest BCUT2D eigenvalue weighted by molar-refractivity contribution is -0.469. The minimum absolute atomic E-state index is 0.125. The third-order valence-electron chi connectivity index (χ3n) is 5.14. The number of hydrogen-bond donors (Lipinski definition) is 2. The molecule has 0 saturated heterocycles. The van der Waals surface area contributed by atoms with Crippen molar-refractivity contribution in [1.82, 2.24) is 20.5 Å². The number of fused-ring (bicyclic) bond motifs is 3. The summed E-state index contributed by atoms with van der Waals surface area (Å²) in [7, 11) is 0. The maximum atomic E-state index is 12.8. The fourth-order valence-electron chi connectivity index (χ4n) is 3.62. The highest BCUT2D eigenvalue weighted by Gasteiger charge is 2.22. The summed E-state index contributed by atoms with van der Waals surface area (Å²) in [6, 6.07) is 25.4. The van der Waals surface area contributed by atoms with Crippen molar-refractivity contribution in [2.75, 3.05) is 0 Å². The standard InChI is InChI=1S/C24H19N5O/c1-16-22-27-28-23(18-10-6-3-7-11-18)29(22)21-14-19(12-13-20(21)26-16)24(30)25-15-17-8-4-2-5-9-17/h2-14H,15H2,1H3,(H,25,30)/p+1. The summed E-state index contributed by atoms with van der Waals surface area (Å²) in [5, 5.41) is 10.6. The van der Waals surface area contributed by atoms with Crippen LogP contribution in [0.5, 0.6) is 0 Å². The van der Waals surface area contributed by atoms with Crippen LogP contribution >= 0.6 is 0 Å². The van der Waals surface area contributed by atoms with Crippen LogP contribution in [0, 0.1) is 6.92 Å². The zero-order valence-electron chi connectivity index (χ0n) is 16.5. The number of H-pyrrole nitrogens is 1. The van der Waals surface area contributed by atoms with Gasteiger partial charge in [0.25, 0.3) is 11.6 Å². The largest absolute Gasteiger partial charge is 0.348 e. The van der Waals surface area contributed by atoms with Crippen LogP contribution in [-0.4, -0.2) is 21.1 Å². The molecule has 2 aromatic heterocycles. The molecular weight excluding hydrogens is 374 g/mol. The van der Waals surface area contributed by atoms with E-state index in [1.807, 2.05) is 90.2 Å². The zero-order valence-corrected chi connectivity index (χ0v) is 16.5. The third kappa shape index (κ3) is 3.18. The number of nitrogens with zero attached hydrogens (tertiary/aromatic N) is 3. The second kappa shape index (κ2) is 7.40. The molecule has 0 saturated carbocycles. The Morgan fingerprint density at radius 1 is 1.00 bits per heavy atom. The van der Waals surface area contributed by atoms with Gasteiger partial charge >= 0.3 is 5.82 Å². The van der Waals surface area contributed by atoms with Gasteiger partial charge in [-0.1, -0.05) is 48.5 Å². The van der Waals surface area contributed by atoms with Gasteiger partial charge in [0.15, 0.2) is 0 Å². The Morgan fingerprint density at radius 3 is 2.50 bits per heavy atom. The molecule has 5 rings (SSSR count). The van der Waals surface area contributed by atoms with E-state index in [-0.39, 0.29) is 5.91 Å². The Balaban J connectivity index is 1.59. The van der Waals surface area contributed by atoms with Gasteiger partial charge in [-0.05, 0) is 42.8 Å². The van der Waals surface area contributed by atoms with E-state index in [9.17, 15) is 4.79 Å². The predicted molar refractivity (Wildman–Crippen MR) is 115 cm³/mol. The molecule has 0 bridgehead atoms. The first-order valence-corrected chi connectivity index (χ1v) is 9.79. The molecule has 0 unspecified atom stereocenters. The molecule has 0 radical (unpaired) electrons. The molecule has 3 aromatic carbocycles. The maximum absolute atomic E-state index is 12.8.